The molecule has 0 atom stereocenters. The first-order valence-corrected chi connectivity index (χ1v) is 8.23. The van der Waals surface area contributed by atoms with Crippen LogP contribution in [-0.2, 0) is 0 Å². The van der Waals surface area contributed by atoms with Crippen molar-refractivity contribution in [2.45, 2.75) is 45.1 Å². The molecule has 0 amide bonds. The van der Waals surface area contributed by atoms with E-state index in [1.807, 2.05) is 18.2 Å². The van der Waals surface area contributed by atoms with Gasteiger partial charge in [0.1, 0.15) is 0 Å². The van der Waals surface area contributed by atoms with Gasteiger partial charge in [-0.3, -0.25) is 0 Å². The quantitative estimate of drug-likeness (QED) is 0.803. The van der Waals surface area contributed by atoms with Crippen LogP contribution in [-0.4, -0.2) is 24.9 Å². The van der Waals surface area contributed by atoms with E-state index in [1.54, 1.807) is 14.2 Å². The number of rotatable bonds is 5. The lowest BCUT2D eigenvalue weighted by Crippen LogP contribution is -2.51. The molecule has 122 valence electrons. The van der Waals surface area contributed by atoms with Crippen molar-refractivity contribution >= 4 is 23.0 Å². The molecule has 0 aliphatic heterocycles. The number of ether oxygens (including phenoxy) is 2. The molecule has 4 nitrogen and oxygen atoms in total. The highest BCUT2D eigenvalue weighted by Gasteiger charge is 2.37. The maximum atomic E-state index is 5.51. The van der Waals surface area contributed by atoms with Gasteiger partial charge < -0.3 is 20.1 Å². The Morgan fingerprint density at radius 2 is 1.77 bits per heavy atom. The molecule has 1 aliphatic rings. The van der Waals surface area contributed by atoms with E-state index in [2.05, 4.69) is 24.5 Å². The first kappa shape index (κ1) is 16.9. The second-order valence-electron chi connectivity index (χ2n) is 6.17. The van der Waals surface area contributed by atoms with Gasteiger partial charge in [0.25, 0.3) is 0 Å². The normalized spacial score (nSPS) is 16.4. The summed E-state index contributed by atoms with van der Waals surface area (Å²) in [6.45, 7) is 4.52. The third kappa shape index (κ3) is 3.64. The molecule has 1 aromatic carbocycles. The van der Waals surface area contributed by atoms with Gasteiger partial charge in [-0.05, 0) is 43.1 Å². The lowest BCUT2D eigenvalue weighted by atomic mass is 9.85. The fourth-order valence-corrected chi connectivity index (χ4v) is 3.48. The van der Waals surface area contributed by atoms with Gasteiger partial charge in [0.2, 0.25) is 0 Å². The van der Waals surface area contributed by atoms with Crippen molar-refractivity contribution in [2.75, 3.05) is 19.5 Å². The monoisotopic (exact) mass is 322 g/mol. The molecule has 2 N–H and O–H groups in total. The average molecular weight is 322 g/mol. The Balaban J connectivity index is 2.05. The third-order valence-electron chi connectivity index (χ3n) is 4.60. The van der Waals surface area contributed by atoms with Crippen LogP contribution in [0.15, 0.2) is 18.2 Å². The SMILES string of the molecule is COc1ccc(NC(=S)NC2(C(C)C)CCCC2)cc1OC. The molecule has 2 rings (SSSR count). The molecule has 1 aliphatic carbocycles. The summed E-state index contributed by atoms with van der Waals surface area (Å²) in [5, 5.41) is 7.48. The fraction of sp³-hybridized carbons (Fsp3) is 0.588. The Morgan fingerprint density at radius 3 is 2.32 bits per heavy atom. The zero-order valence-electron chi connectivity index (χ0n) is 13.9. The van der Waals surface area contributed by atoms with Crippen molar-refractivity contribution < 1.29 is 9.47 Å². The highest BCUT2D eigenvalue weighted by Crippen LogP contribution is 2.36. The predicted molar refractivity (Wildman–Crippen MR) is 94.9 cm³/mol. The molecule has 5 heteroatoms. The zero-order valence-corrected chi connectivity index (χ0v) is 14.7. The molecule has 1 aromatic rings. The van der Waals surface area contributed by atoms with E-state index in [0.717, 1.165) is 5.69 Å². The number of thiocarbonyl (C=S) groups is 1. The minimum atomic E-state index is 0.126. The number of anilines is 1. The second-order valence-corrected chi connectivity index (χ2v) is 6.58. The van der Waals surface area contributed by atoms with E-state index in [9.17, 15) is 0 Å². The number of hydrogen-bond donors (Lipinski definition) is 2. The first-order valence-electron chi connectivity index (χ1n) is 7.82. The van der Waals surface area contributed by atoms with Crippen LogP contribution in [0.5, 0.6) is 11.5 Å². The fourth-order valence-electron chi connectivity index (χ4n) is 3.16. The lowest BCUT2D eigenvalue weighted by Gasteiger charge is -2.35. The van der Waals surface area contributed by atoms with Gasteiger partial charge in [-0.25, -0.2) is 0 Å². The van der Waals surface area contributed by atoms with E-state index < -0.39 is 0 Å². The van der Waals surface area contributed by atoms with Gasteiger partial charge in [0.05, 0.1) is 14.2 Å². The smallest absolute Gasteiger partial charge is 0.171 e. The van der Waals surface area contributed by atoms with Gasteiger partial charge in [0, 0.05) is 17.3 Å². The molecule has 0 heterocycles. The van der Waals surface area contributed by atoms with Gasteiger partial charge >= 0.3 is 0 Å². The summed E-state index contributed by atoms with van der Waals surface area (Å²) in [6.07, 6.45) is 4.89. The number of methoxy groups -OCH3 is 2. The lowest BCUT2D eigenvalue weighted by molar-refractivity contribution is 0.283. The van der Waals surface area contributed by atoms with Crippen LogP contribution < -0.4 is 20.1 Å². The molecule has 22 heavy (non-hydrogen) atoms. The summed E-state index contributed by atoms with van der Waals surface area (Å²) < 4.78 is 10.6. The highest BCUT2D eigenvalue weighted by atomic mass is 32.1. The van der Waals surface area contributed by atoms with E-state index in [1.165, 1.54) is 25.7 Å². The van der Waals surface area contributed by atoms with Crippen molar-refractivity contribution in [3.8, 4) is 11.5 Å². The maximum absolute atomic E-state index is 5.51. The molecule has 1 fully saturated rings. The van der Waals surface area contributed by atoms with Crippen molar-refractivity contribution in [3.05, 3.63) is 18.2 Å². The Hall–Kier alpha value is -1.49. The van der Waals surface area contributed by atoms with E-state index >= 15 is 0 Å². The first-order chi connectivity index (χ1) is 10.5. The summed E-state index contributed by atoms with van der Waals surface area (Å²) in [4.78, 5) is 0. The van der Waals surface area contributed by atoms with E-state index in [4.69, 9.17) is 21.7 Å². The van der Waals surface area contributed by atoms with E-state index in [-0.39, 0.29) is 5.54 Å². The van der Waals surface area contributed by atoms with Crippen LogP contribution in [0.1, 0.15) is 39.5 Å². The molecule has 0 unspecified atom stereocenters. The summed E-state index contributed by atoms with van der Waals surface area (Å²) >= 11 is 5.51. The number of nitrogens with one attached hydrogen (secondary N) is 2. The van der Waals surface area contributed by atoms with Gasteiger partial charge in [-0.1, -0.05) is 26.7 Å². The third-order valence-corrected chi connectivity index (χ3v) is 4.81. The Kier molecular flexibility index (Phi) is 5.51. The highest BCUT2D eigenvalue weighted by molar-refractivity contribution is 7.80. The Labute approximate surface area is 138 Å². The molecule has 0 saturated heterocycles. The summed E-state index contributed by atoms with van der Waals surface area (Å²) in [6, 6.07) is 5.70. The largest absolute Gasteiger partial charge is 0.493 e. The Bertz CT molecular complexity index is 525. The van der Waals surface area contributed by atoms with Gasteiger partial charge in [-0.15, -0.1) is 0 Å². The number of benzene rings is 1. The van der Waals surface area contributed by atoms with Gasteiger partial charge in [0.15, 0.2) is 16.6 Å². The molecule has 1 saturated carbocycles. The van der Waals surface area contributed by atoms with Crippen LogP contribution in [0.3, 0.4) is 0 Å². The van der Waals surface area contributed by atoms with Crippen LogP contribution in [0.4, 0.5) is 5.69 Å². The van der Waals surface area contributed by atoms with Crippen LogP contribution in [0.25, 0.3) is 0 Å². The molecule has 0 radical (unpaired) electrons. The second kappa shape index (κ2) is 7.18. The van der Waals surface area contributed by atoms with E-state index in [0.29, 0.717) is 22.5 Å². The van der Waals surface area contributed by atoms with Crippen molar-refractivity contribution in [3.63, 3.8) is 0 Å². The van der Waals surface area contributed by atoms with Gasteiger partial charge in [-0.2, -0.15) is 0 Å². The summed E-state index contributed by atoms with van der Waals surface area (Å²) in [5.41, 5.74) is 1.02. The Morgan fingerprint density at radius 1 is 1.14 bits per heavy atom. The average Bonchev–Trinajstić information content (AvgIpc) is 2.96. The van der Waals surface area contributed by atoms with Crippen LogP contribution >= 0.6 is 12.2 Å². The summed E-state index contributed by atoms with van der Waals surface area (Å²) in [5.74, 6) is 1.95. The zero-order chi connectivity index (χ0) is 16.2. The molecular formula is C17H26N2O2S. The number of hydrogen-bond acceptors (Lipinski definition) is 3. The van der Waals surface area contributed by atoms with Crippen LogP contribution in [0, 0.1) is 5.92 Å². The van der Waals surface area contributed by atoms with Crippen molar-refractivity contribution in [1.29, 1.82) is 0 Å². The summed E-state index contributed by atoms with van der Waals surface area (Å²) in [7, 11) is 3.26. The standard InChI is InChI=1S/C17H26N2O2S/c1-12(2)17(9-5-6-10-17)19-16(22)18-13-7-8-14(20-3)15(11-13)21-4/h7-8,11-12H,5-6,9-10H2,1-4H3,(H2,18,19,22). The minimum absolute atomic E-state index is 0.126. The molecular weight excluding hydrogens is 296 g/mol. The molecule has 0 aromatic heterocycles. The van der Waals surface area contributed by atoms with Crippen molar-refractivity contribution in [2.24, 2.45) is 5.92 Å². The molecule has 0 spiro atoms. The van der Waals surface area contributed by atoms with Crippen LogP contribution in [0.2, 0.25) is 0 Å². The topological polar surface area (TPSA) is 42.5 Å². The predicted octanol–water partition coefficient (Wildman–Crippen LogP) is 3.96. The minimum Gasteiger partial charge on any atom is -0.493 e. The molecule has 0 bridgehead atoms. The maximum Gasteiger partial charge on any atom is 0.171 e. The van der Waals surface area contributed by atoms with Crippen molar-refractivity contribution in [1.82, 2.24) is 5.32 Å².